The van der Waals surface area contributed by atoms with Gasteiger partial charge >= 0.3 is 0 Å². The molecular formula is C11H14N6. The number of rotatable bonds is 3. The monoisotopic (exact) mass is 230 g/mol. The molecule has 6 nitrogen and oxygen atoms in total. The summed E-state index contributed by atoms with van der Waals surface area (Å²) in [4.78, 5) is 8.49. The number of hydrogen-bond acceptors (Lipinski definition) is 5. The molecule has 2 aromatic heterocycles. The summed E-state index contributed by atoms with van der Waals surface area (Å²) in [5.74, 6) is 2.06. The summed E-state index contributed by atoms with van der Waals surface area (Å²) < 4.78 is 1.55. The van der Waals surface area contributed by atoms with Gasteiger partial charge in [0.25, 0.3) is 5.95 Å². The number of nitrogen functional groups attached to an aromatic ring is 2. The number of anilines is 2. The molecule has 0 aliphatic heterocycles. The van der Waals surface area contributed by atoms with Crippen LogP contribution < -0.4 is 11.5 Å². The van der Waals surface area contributed by atoms with Crippen LogP contribution in [-0.2, 0) is 6.42 Å². The average molecular weight is 230 g/mol. The molecule has 4 N–H and O–H groups in total. The zero-order valence-corrected chi connectivity index (χ0v) is 9.37. The molecule has 17 heavy (non-hydrogen) atoms. The van der Waals surface area contributed by atoms with E-state index in [1.807, 2.05) is 0 Å². The van der Waals surface area contributed by atoms with E-state index in [0.717, 1.165) is 12.0 Å². The van der Waals surface area contributed by atoms with Gasteiger partial charge in [-0.15, -0.1) is 0 Å². The predicted octanol–water partition coefficient (Wildman–Crippen LogP) is 0.779. The third kappa shape index (κ3) is 1.93. The molecule has 2 heterocycles. The molecule has 0 spiro atoms. The largest absolute Gasteiger partial charge is 0.383 e. The summed E-state index contributed by atoms with van der Waals surface area (Å²) in [6.07, 6.45) is 6.80. The summed E-state index contributed by atoms with van der Waals surface area (Å²) in [6, 6.07) is 1.80. The maximum absolute atomic E-state index is 5.93. The third-order valence-corrected chi connectivity index (χ3v) is 2.96. The number of aromatic nitrogens is 4. The fourth-order valence-electron chi connectivity index (χ4n) is 1.82. The molecule has 2 aromatic rings. The van der Waals surface area contributed by atoms with Crippen LogP contribution in [0.5, 0.6) is 0 Å². The summed E-state index contributed by atoms with van der Waals surface area (Å²) in [5.41, 5.74) is 12.7. The number of hydrogen-bond donors (Lipinski definition) is 2. The van der Waals surface area contributed by atoms with Crippen LogP contribution in [0, 0.1) is 5.92 Å². The Hall–Kier alpha value is -2.11. The van der Waals surface area contributed by atoms with Crippen molar-refractivity contribution in [3.8, 4) is 5.95 Å². The summed E-state index contributed by atoms with van der Waals surface area (Å²) >= 11 is 0. The highest BCUT2D eigenvalue weighted by molar-refractivity contribution is 5.55. The zero-order valence-electron chi connectivity index (χ0n) is 9.37. The van der Waals surface area contributed by atoms with Crippen molar-refractivity contribution in [2.75, 3.05) is 11.5 Å². The maximum Gasteiger partial charge on any atom is 0.254 e. The van der Waals surface area contributed by atoms with E-state index >= 15 is 0 Å². The second-order valence-electron chi connectivity index (χ2n) is 4.37. The van der Waals surface area contributed by atoms with Crippen molar-refractivity contribution < 1.29 is 0 Å². The summed E-state index contributed by atoms with van der Waals surface area (Å²) in [6.45, 7) is 0. The van der Waals surface area contributed by atoms with Crippen LogP contribution in [0.3, 0.4) is 0 Å². The van der Waals surface area contributed by atoms with E-state index in [4.69, 9.17) is 11.5 Å². The molecule has 1 aliphatic rings. The Morgan fingerprint density at radius 2 is 1.94 bits per heavy atom. The van der Waals surface area contributed by atoms with Crippen LogP contribution in [0.1, 0.15) is 18.4 Å². The summed E-state index contributed by atoms with van der Waals surface area (Å²) in [7, 11) is 0. The van der Waals surface area contributed by atoms with Gasteiger partial charge in [-0.2, -0.15) is 15.1 Å². The lowest BCUT2D eigenvalue weighted by atomic mass is 10.1. The van der Waals surface area contributed by atoms with E-state index in [1.165, 1.54) is 12.8 Å². The zero-order chi connectivity index (χ0) is 11.8. The van der Waals surface area contributed by atoms with E-state index in [9.17, 15) is 0 Å². The molecule has 6 heteroatoms. The highest BCUT2D eigenvalue weighted by Gasteiger charge is 2.24. The first-order chi connectivity index (χ1) is 8.24. The van der Waals surface area contributed by atoms with Crippen molar-refractivity contribution in [3.63, 3.8) is 0 Å². The third-order valence-electron chi connectivity index (χ3n) is 2.96. The molecule has 0 amide bonds. The van der Waals surface area contributed by atoms with E-state index in [1.54, 1.807) is 23.1 Å². The van der Waals surface area contributed by atoms with Gasteiger partial charge in [0.1, 0.15) is 11.6 Å². The van der Waals surface area contributed by atoms with Gasteiger partial charge in [0.15, 0.2) is 0 Å². The second kappa shape index (κ2) is 3.73. The van der Waals surface area contributed by atoms with Gasteiger partial charge in [-0.25, -0.2) is 4.68 Å². The van der Waals surface area contributed by atoms with Gasteiger partial charge in [-0.3, -0.25) is 0 Å². The minimum atomic E-state index is 0.421. The van der Waals surface area contributed by atoms with Crippen molar-refractivity contribution >= 4 is 11.6 Å². The van der Waals surface area contributed by atoms with Gasteiger partial charge in [-0.1, -0.05) is 0 Å². The SMILES string of the molecule is Nc1nc(-n2cccn2)nc(N)c1CC1CC1. The second-order valence-corrected chi connectivity index (χ2v) is 4.37. The fraction of sp³-hybridized carbons (Fsp3) is 0.364. The number of nitrogens with zero attached hydrogens (tertiary/aromatic N) is 4. The van der Waals surface area contributed by atoms with Gasteiger partial charge in [0.05, 0.1) is 0 Å². The molecule has 0 bridgehead atoms. The van der Waals surface area contributed by atoms with Gasteiger partial charge in [-0.05, 0) is 31.2 Å². The smallest absolute Gasteiger partial charge is 0.254 e. The van der Waals surface area contributed by atoms with Crippen LogP contribution in [0.2, 0.25) is 0 Å². The minimum Gasteiger partial charge on any atom is -0.383 e. The minimum absolute atomic E-state index is 0.421. The molecule has 3 rings (SSSR count). The molecule has 1 aliphatic carbocycles. The normalized spacial score (nSPS) is 15.1. The molecule has 0 saturated heterocycles. The first-order valence-electron chi connectivity index (χ1n) is 5.66. The first-order valence-corrected chi connectivity index (χ1v) is 5.66. The molecule has 0 radical (unpaired) electrons. The molecule has 0 atom stereocenters. The van der Waals surface area contributed by atoms with E-state index < -0.39 is 0 Å². The number of nitrogens with two attached hydrogens (primary N) is 2. The Morgan fingerprint density at radius 3 is 2.47 bits per heavy atom. The van der Waals surface area contributed by atoms with Gasteiger partial charge < -0.3 is 11.5 Å². The van der Waals surface area contributed by atoms with Gasteiger partial charge in [0.2, 0.25) is 0 Å². The lowest BCUT2D eigenvalue weighted by Gasteiger charge is -2.09. The Balaban J connectivity index is 1.98. The Kier molecular flexibility index (Phi) is 2.21. The van der Waals surface area contributed by atoms with Crippen LogP contribution in [0.25, 0.3) is 5.95 Å². The van der Waals surface area contributed by atoms with Crippen LogP contribution in [0.15, 0.2) is 18.5 Å². The lowest BCUT2D eigenvalue weighted by molar-refractivity contribution is 0.789. The van der Waals surface area contributed by atoms with Crippen molar-refractivity contribution in [1.29, 1.82) is 0 Å². The quantitative estimate of drug-likeness (QED) is 0.812. The van der Waals surface area contributed by atoms with E-state index in [0.29, 0.717) is 23.5 Å². The predicted molar refractivity (Wildman–Crippen MR) is 64.4 cm³/mol. The van der Waals surface area contributed by atoms with E-state index in [-0.39, 0.29) is 0 Å². The fourth-order valence-corrected chi connectivity index (χ4v) is 1.82. The topological polar surface area (TPSA) is 95.6 Å². The molecule has 1 saturated carbocycles. The molecule has 88 valence electrons. The average Bonchev–Trinajstić information content (AvgIpc) is 2.94. The lowest BCUT2D eigenvalue weighted by Crippen LogP contribution is -2.11. The molecular weight excluding hydrogens is 216 g/mol. The Labute approximate surface area is 98.7 Å². The maximum atomic E-state index is 5.93. The van der Waals surface area contributed by atoms with Gasteiger partial charge in [0, 0.05) is 18.0 Å². The Bertz CT molecular complexity index is 506. The van der Waals surface area contributed by atoms with E-state index in [2.05, 4.69) is 15.1 Å². The Morgan fingerprint density at radius 1 is 1.24 bits per heavy atom. The van der Waals surface area contributed by atoms with Crippen molar-refractivity contribution in [2.45, 2.75) is 19.3 Å². The first kappa shape index (κ1) is 10.1. The van der Waals surface area contributed by atoms with Crippen LogP contribution >= 0.6 is 0 Å². The van der Waals surface area contributed by atoms with Crippen LogP contribution in [-0.4, -0.2) is 19.7 Å². The van der Waals surface area contributed by atoms with Crippen molar-refractivity contribution in [2.24, 2.45) is 5.92 Å². The van der Waals surface area contributed by atoms with Crippen molar-refractivity contribution in [3.05, 3.63) is 24.0 Å². The molecule has 1 fully saturated rings. The van der Waals surface area contributed by atoms with Crippen molar-refractivity contribution in [1.82, 2.24) is 19.7 Å². The molecule has 0 aromatic carbocycles. The standard InChI is InChI=1S/C11H14N6/c12-9-8(6-7-2-3-7)10(13)16-11(15-9)17-5-1-4-14-17/h1,4-5,7H,2-3,6H2,(H4,12,13,15,16). The summed E-state index contributed by atoms with van der Waals surface area (Å²) in [5, 5.41) is 4.05. The highest BCUT2D eigenvalue weighted by Crippen LogP contribution is 2.35. The highest BCUT2D eigenvalue weighted by atomic mass is 15.3. The molecule has 0 unspecified atom stereocenters. The van der Waals surface area contributed by atoms with Crippen LogP contribution in [0.4, 0.5) is 11.6 Å².